The number of pyridine rings is 1. The molecule has 3 heterocycles. The van der Waals surface area contributed by atoms with Gasteiger partial charge in [0, 0.05) is 30.9 Å². The average molecular weight is 422 g/mol. The molecule has 3 aromatic rings. The Morgan fingerprint density at radius 3 is 2.94 bits per heavy atom. The van der Waals surface area contributed by atoms with Crippen LogP contribution in [0.2, 0.25) is 0 Å². The third kappa shape index (κ3) is 4.88. The number of para-hydroxylation sites is 2. The molecule has 0 N–H and O–H groups in total. The van der Waals surface area contributed by atoms with E-state index in [9.17, 15) is 9.59 Å². The van der Waals surface area contributed by atoms with Gasteiger partial charge in [0.2, 0.25) is 11.7 Å². The van der Waals surface area contributed by atoms with Crippen molar-refractivity contribution in [2.75, 3.05) is 18.1 Å². The highest BCUT2D eigenvalue weighted by Gasteiger charge is 2.31. The molecule has 1 aromatic carbocycles. The fourth-order valence-electron chi connectivity index (χ4n) is 3.24. The maximum Gasteiger partial charge on any atom is 0.307 e. The lowest BCUT2D eigenvalue weighted by Gasteiger charge is -2.32. The van der Waals surface area contributed by atoms with Crippen molar-refractivity contribution in [2.24, 2.45) is 0 Å². The minimum Gasteiger partial charge on any atom is -0.479 e. The number of aromatic nitrogens is 3. The van der Waals surface area contributed by atoms with Crippen molar-refractivity contribution in [3.63, 3.8) is 0 Å². The van der Waals surface area contributed by atoms with Gasteiger partial charge in [0.25, 0.3) is 5.91 Å². The average Bonchev–Trinajstić information content (AvgIpc) is 3.27. The first-order chi connectivity index (χ1) is 15.1. The van der Waals surface area contributed by atoms with Gasteiger partial charge in [-0.3, -0.25) is 14.6 Å². The molecular weight excluding hydrogens is 400 g/mol. The molecule has 0 bridgehead atoms. The normalized spacial score (nSPS) is 15.3. The Morgan fingerprint density at radius 2 is 2.10 bits per heavy atom. The van der Waals surface area contributed by atoms with Crippen LogP contribution < -0.4 is 9.64 Å². The summed E-state index contributed by atoms with van der Waals surface area (Å²) >= 11 is 0. The van der Waals surface area contributed by atoms with Crippen LogP contribution in [0.25, 0.3) is 11.4 Å². The van der Waals surface area contributed by atoms with E-state index in [1.54, 1.807) is 42.4 Å². The van der Waals surface area contributed by atoms with Crippen LogP contribution in [0.3, 0.4) is 0 Å². The fraction of sp³-hybridized carbons (Fsp3) is 0.318. The first-order valence-electron chi connectivity index (χ1n) is 10.1. The van der Waals surface area contributed by atoms with Gasteiger partial charge in [-0.25, -0.2) is 0 Å². The summed E-state index contributed by atoms with van der Waals surface area (Å²) in [6.07, 6.45) is 3.89. The van der Waals surface area contributed by atoms with Gasteiger partial charge in [-0.1, -0.05) is 17.3 Å². The van der Waals surface area contributed by atoms with Crippen molar-refractivity contribution in [3.8, 4) is 17.1 Å². The number of rotatable bonds is 8. The highest BCUT2D eigenvalue weighted by Crippen LogP contribution is 2.33. The van der Waals surface area contributed by atoms with Gasteiger partial charge in [0.05, 0.1) is 18.7 Å². The van der Waals surface area contributed by atoms with Crippen LogP contribution in [0.1, 0.15) is 25.7 Å². The molecule has 9 nitrogen and oxygen atoms in total. The largest absolute Gasteiger partial charge is 0.479 e. The lowest BCUT2D eigenvalue weighted by atomic mass is 10.2. The number of anilines is 1. The quantitative estimate of drug-likeness (QED) is 0.403. The summed E-state index contributed by atoms with van der Waals surface area (Å²) in [6.45, 7) is 2.16. The molecule has 0 fully saturated rings. The van der Waals surface area contributed by atoms with Gasteiger partial charge in [-0.2, -0.15) is 4.98 Å². The van der Waals surface area contributed by atoms with Crippen molar-refractivity contribution >= 4 is 17.6 Å². The number of esters is 1. The summed E-state index contributed by atoms with van der Waals surface area (Å²) in [7, 11) is 0. The molecule has 1 atom stereocenters. The van der Waals surface area contributed by atoms with Crippen molar-refractivity contribution in [1.82, 2.24) is 15.1 Å². The van der Waals surface area contributed by atoms with Gasteiger partial charge in [-0.15, -0.1) is 0 Å². The zero-order valence-electron chi connectivity index (χ0n) is 17.1. The summed E-state index contributed by atoms with van der Waals surface area (Å²) in [5.74, 6) is 1.04. The molecule has 2 aromatic heterocycles. The van der Waals surface area contributed by atoms with E-state index in [-0.39, 0.29) is 31.4 Å². The minimum atomic E-state index is -0.586. The van der Waals surface area contributed by atoms with Crippen LogP contribution >= 0.6 is 0 Å². The van der Waals surface area contributed by atoms with E-state index in [2.05, 4.69) is 15.1 Å². The van der Waals surface area contributed by atoms with Crippen molar-refractivity contribution < 1.29 is 23.6 Å². The van der Waals surface area contributed by atoms with Gasteiger partial charge in [0.15, 0.2) is 6.10 Å². The monoisotopic (exact) mass is 422 g/mol. The molecule has 1 aliphatic heterocycles. The first kappa shape index (κ1) is 20.5. The zero-order chi connectivity index (χ0) is 21.6. The number of fused-ring (bicyclic) bond motifs is 1. The number of ether oxygens (including phenoxy) is 2. The molecule has 0 aliphatic carbocycles. The van der Waals surface area contributed by atoms with Crippen LogP contribution in [0.5, 0.6) is 5.75 Å². The molecule has 4 rings (SSSR count). The van der Waals surface area contributed by atoms with Crippen molar-refractivity contribution in [3.05, 3.63) is 54.7 Å². The Morgan fingerprint density at radius 1 is 1.23 bits per heavy atom. The van der Waals surface area contributed by atoms with E-state index in [0.29, 0.717) is 36.0 Å². The second-order valence-corrected chi connectivity index (χ2v) is 7.05. The molecule has 9 heteroatoms. The molecule has 0 saturated carbocycles. The zero-order valence-corrected chi connectivity index (χ0v) is 17.1. The Labute approximate surface area is 179 Å². The van der Waals surface area contributed by atoms with Gasteiger partial charge in [0.1, 0.15) is 5.75 Å². The van der Waals surface area contributed by atoms with E-state index in [0.717, 1.165) is 5.56 Å². The Balaban J connectivity index is 1.22. The smallest absolute Gasteiger partial charge is 0.307 e. The molecule has 160 valence electrons. The number of carbonyl (C=O) groups excluding carboxylic acids is 2. The second kappa shape index (κ2) is 9.38. The number of carbonyl (C=O) groups is 2. The molecule has 1 aliphatic rings. The number of hydrogen-bond acceptors (Lipinski definition) is 8. The molecule has 0 spiro atoms. The van der Waals surface area contributed by atoms with Crippen LogP contribution in [0, 0.1) is 0 Å². The van der Waals surface area contributed by atoms with Crippen LogP contribution in [-0.2, 0) is 20.7 Å². The number of hydrogen-bond donors (Lipinski definition) is 0. The molecule has 0 saturated heterocycles. The van der Waals surface area contributed by atoms with Crippen LogP contribution in [0.15, 0.2) is 53.3 Å². The third-order valence-electron chi connectivity index (χ3n) is 4.80. The Bertz CT molecular complexity index is 1050. The minimum absolute atomic E-state index is 0.0957. The molecule has 0 radical (unpaired) electrons. The predicted octanol–water partition coefficient (Wildman–Crippen LogP) is 2.81. The lowest BCUT2D eigenvalue weighted by molar-refractivity contribution is -0.143. The van der Waals surface area contributed by atoms with E-state index < -0.39 is 6.10 Å². The molecule has 1 amide bonds. The molecule has 1 unspecified atom stereocenters. The van der Waals surface area contributed by atoms with Gasteiger partial charge < -0.3 is 18.9 Å². The van der Waals surface area contributed by atoms with Gasteiger partial charge in [-0.05, 0) is 37.6 Å². The Kier molecular flexibility index (Phi) is 6.21. The standard InChI is InChI=1S/C22H22N4O5/c1-15-22(28)26(17-7-2-3-8-18(17)30-15)12-10-20(27)29-13-5-9-19-24-21(25-31-19)16-6-4-11-23-14-16/h2-4,6-8,11,14-15H,5,9-10,12-13H2,1H3. The summed E-state index contributed by atoms with van der Waals surface area (Å²) in [4.78, 5) is 34.5. The summed E-state index contributed by atoms with van der Waals surface area (Å²) in [5, 5.41) is 3.93. The van der Waals surface area contributed by atoms with Crippen LogP contribution in [0.4, 0.5) is 5.69 Å². The molecular formula is C22H22N4O5. The maximum atomic E-state index is 12.4. The highest BCUT2D eigenvalue weighted by atomic mass is 16.5. The Hall–Kier alpha value is -3.75. The maximum absolute atomic E-state index is 12.4. The fourth-order valence-corrected chi connectivity index (χ4v) is 3.24. The summed E-state index contributed by atoms with van der Waals surface area (Å²) in [5.41, 5.74) is 1.44. The SMILES string of the molecule is CC1Oc2ccccc2N(CCC(=O)OCCCc2nc(-c3cccnc3)no2)C1=O. The predicted molar refractivity (Wildman–Crippen MR) is 110 cm³/mol. The van der Waals surface area contributed by atoms with Crippen molar-refractivity contribution in [1.29, 1.82) is 0 Å². The van der Waals surface area contributed by atoms with E-state index in [4.69, 9.17) is 14.0 Å². The van der Waals surface area contributed by atoms with E-state index >= 15 is 0 Å². The van der Waals surface area contributed by atoms with Crippen LogP contribution in [-0.4, -0.2) is 46.3 Å². The van der Waals surface area contributed by atoms with E-state index in [1.165, 1.54) is 0 Å². The number of aryl methyl sites for hydroxylation is 1. The first-order valence-corrected chi connectivity index (χ1v) is 10.1. The van der Waals surface area contributed by atoms with Crippen molar-refractivity contribution in [2.45, 2.75) is 32.3 Å². The summed E-state index contributed by atoms with van der Waals surface area (Å²) in [6, 6.07) is 10.9. The number of nitrogens with zero attached hydrogens (tertiary/aromatic N) is 4. The third-order valence-corrected chi connectivity index (χ3v) is 4.80. The van der Waals surface area contributed by atoms with Gasteiger partial charge >= 0.3 is 5.97 Å². The topological polar surface area (TPSA) is 108 Å². The highest BCUT2D eigenvalue weighted by molar-refractivity contribution is 6.00. The number of amides is 1. The lowest BCUT2D eigenvalue weighted by Crippen LogP contribution is -2.45. The van der Waals surface area contributed by atoms with E-state index in [1.807, 2.05) is 18.2 Å². The second-order valence-electron chi connectivity index (χ2n) is 7.05. The summed E-state index contributed by atoms with van der Waals surface area (Å²) < 4.78 is 16.1. The molecule has 31 heavy (non-hydrogen) atoms. The number of benzene rings is 1.